The molecule has 102 valence electrons. The van der Waals surface area contributed by atoms with Crippen LogP contribution in [0.3, 0.4) is 0 Å². The molecule has 18 heavy (non-hydrogen) atoms. The number of aliphatic hydroxyl groups is 1. The zero-order valence-electron chi connectivity index (χ0n) is 11.4. The Morgan fingerprint density at radius 2 is 2.39 bits per heavy atom. The Morgan fingerprint density at radius 3 is 3.17 bits per heavy atom. The van der Waals surface area contributed by atoms with E-state index in [4.69, 9.17) is 4.98 Å². The Labute approximate surface area is 114 Å². The third-order valence-corrected chi connectivity index (χ3v) is 4.75. The van der Waals surface area contributed by atoms with E-state index >= 15 is 0 Å². The average Bonchev–Trinajstić information content (AvgIpc) is 2.76. The van der Waals surface area contributed by atoms with Crippen LogP contribution in [0.25, 0.3) is 0 Å². The molecule has 0 fully saturated rings. The molecule has 0 amide bonds. The minimum atomic E-state index is -0.164. The van der Waals surface area contributed by atoms with E-state index in [-0.39, 0.29) is 6.10 Å². The third kappa shape index (κ3) is 3.77. The molecule has 1 aliphatic carbocycles. The number of hydrogen-bond donors (Lipinski definition) is 2. The largest absolute Gasteiger partial charge is 0.393 e. The Kier molecular flexibility index (Phi) is 5.15. The van der Waals surface area contributed by atoms with Gasteiger partial charge in [0.15, 0.2) is 0 Å². The lowest BCUT2D eigenvalue weighted by atomic mass is 9.93. The fraction of sp³-hybridized carbons (Fsp3) is 0.786. The molecule has 4 heteroatoms. The molecular weight excluding hydrogens is 244 g/mol. The molecule has 0 aliphatic heterocycles. The second-order valence-corrected chi connectivity index (χ2v) is 6.52. The second-order valence-electron chi connectivity index (χ2n) is 5.35. The van der Waals surface area contributed by atoms with Crippen LogP contribution in [0.2, 0.25) is 0 Å². The number of nitrogens with one attached hydrogen (secondary N) is 1. The molecule has 2 atom stereocenters. The van der Waals surface area contributed by atoms with Crippen molar-refractivity contribution in [3.05, 3.63) is 15.6 Å². The highest BCUT2D eigenvalue weighted by Gasteiger charge is 2.19. The SMILES string of the molecule is CCC(O)CCNCc1nc2c(s1)CC(C)CC2. The number of fused-ring (bicyclic) bond motifs is 1. The Morgan fingerprint density at radius 1 is 1.56 bits per heavy atom. The van der Waals surface area contributed by atoms with Crippen LogP contribution in [0.15, 0.2) is 0 Å². The molecular formula is C14H24N2OS. The Balaban J connectivity index is 1.77. The normalized spacial score (nSPS) is 20.7. The summed E-state index contributed by atoms with van der Waals surface area (Å²) < 4.78 is 0. The molecule has 3 nitrogen and oxygen atoms in total. The predicted molar refractivity (Wildman–Crippen MR) is 75.9 cm³/mol. The molecule has 1 heterocycles. The second kappa shape index (κ2) is 6.64. The molecule has 0 aromatic carbocycles. The predicted octanol–water partition coefficient (Wildman–Crippen LogP) is 2.52. The zero-order chi connectivity index (χ0) is 13.0. The summed E-state index contributed by atoms with van der Waals surface area (Å²) in [5, 5.41) is 14.0. The molecule has 2 rings (SSSR count). The Bertz CT molecular complexity index is 378. The van der Waals surface area contributed by atoms with Gasteiger partial charge in [-0.25, -0.2) is 4.98 Å². The highest BCUT2D eigenvalue weighted by Crippen LogP contribution is 2.29. The molecule has 2 unspecified atom stereocenters. The van der Waals surface area contributed by atoms with Crippen LogP contribution in [-0.2, 0) is 19.4 Å². The standard InChI is InChI=1S/C14H24N2OS/c1-3-11(17)6-7-15-9-14-16-12-5-4-10(2)8-13(12)18-14/h10-11,15,17H,3-9H2,1-2H3. The van der Waals surface area contributed by atoms with Gasteiger partial charge in [-0.15, -0.1) is 11.3 Å². The van der Waals surface area contributed by atoms with Crippen molar-refractivity contribution in [2.45, 2.75) is 58.6 Å². The van der Waals surface area contributed by atoms with Crippen LogP contribution in [0.5, 0.6) is 0 Å². The molecule has 2 N–H and O–H groups in total. The van der Waals surface area contributed by atoms with Crippen LogP contribution in [0, 0.1) is 5.92 Å². The zero-order valence-corrected chi connectivity index (χ0v) is 12.2. The lowest BCUT2D eigenvalue weighted by Gasteiger charge is -2.15. The van der Waals surface area contributed by atoms with E-state index in [0.717, 1.165) is 38.3 Å². The van der Waals surface area contributed by atoms with Crippen molar-refractivity contribution in [3.63, 3.8) is 0 Å². The van der Waals surface area contributed by atoms with Gasteiger partial charge in [0, 0.05) is 11.4 Å². The smallest absolute Gasteiger partial charge is 0.107 e. The molecule has 1 aromatic heterocycles. The van der Waals surface area contributed by atoms with E-state index in [1.54, 1.807) is 0 Å². The van der Waals surface area contributed by atoms with E-state index in [0.29, 0.717) is 0 Å². The minimum absolute atomic E-state index is 0.164. The van der Waals surface area contributed by atoms with E-state index in [1.165, 1.54) is 28.4 Å². The Hall–Kier alpha value is -0.450. The van der Waals surface area contributed by atoms with E-state index < -0.39 is 0 Å². The number of thiazole rings is 1. The maximum Gasteiger partial charge on any atom is 0.107 e. The first-order valence-electron chi connectivity index (χ1n) is 7.05. The van der Waals surface area contributed by atoms with Gasteiger partial charge in [-0.3, -0.25) is 0 Å². The summed E-state index contributed by atoms with van der Waals surface area (Å²) in [5.74, 6) is 0.818. The van der Waals surface area contributed by atoms with Gasteiger partial charge in [0.1, 0.15) is 5.01 Å². The van der Waals surface area contributed by atoms with Gasteiger partial charge < -0.3 is 10.4 Å². The summed E-state index contributed by atoms with van der Waals surface area (Å²) in [4.78, 5) is 6.21. The number of aliphatic hydroxyl groups excluding tert-OH is 1. The van der Waals surface area contributed by atoms with Crippen LogP contribution < -0.4 is 5.32 Å². The van der Waals surface area contributed by atoms with Crippen LogP contribution >= 0.6 is 11.3 Å². The third-order valence-electron chi connectivity index (χ3n) is 3.63. The van der Waals surface area contributed by atoms with Crippen molar-refractivity contribution in [1.82, 2.24) is 10.3 Å². The van der Waals surface area contributed by atoms with Crippen molar-refractivity contribution < 1.29 is 5.11 Å². The minimum Gasteiger partial charge on any atom is -0.393 e. The molecule has 0 saturated heterocycles. The first-order chi connectivity index (χ1) is 8.69. The van der Waals surface area contributed by atoms with Crippen LogP contribution in [-0.4, -0.2) is 22.7 Å². The van der Waals surface area contributed by atoms with E-state index in [9.17, 15) is 5.11 Å². The summed E-state index contributed by atoms with van der Waals surface area (Å²) in [6, 6.07) is 0. The van der Waals surface area contributed by atoms with Crippen molar-refractivity contribution >= 4 is 11.3 Å². The number of hydrogen-bond acceptors (Lipinski definition) is 4. The fourth-order valence-corrected chi connectivity index (χ4v) is 3.58. The molecule has 0 bridgehead atoms. The number of aryl methyl sites for hydroxylation is 1. The van der Waals surface area contributed by atoms with E-state index in [1.807, 2.05) is 18.3 Å². The van der Waals surface area contributed by atoms with Gasteiger partial charge in [0.25, 0.3) is 0 Å². The lowest BCUT2D eigenvalue weighted by molar-refractivity contribution is 0.159. The van der Waals surface area contributed by atoms with Crippen molar-refractivity contribution in [2.75, 3.05) is 6.54 Å². The maximum atomic E-state index is 9.46. The van der Waals surface area contributed by atoms with Gasteiger partial charge in [-0.1, -0.05) is 13.8 Å². The maximum absolute atomic E-state index is 9.46. The summed E-state index contributed by atoms with van der Waals surface area (Å²) >= 11 is 1.87. The molecule has 1 aliphatic rings. The van der Waals surface area contributed by atoms with Crippen molar-refractivity contribution in [1.29, 1.82) is 0 Å². The molecule has 0 saturated carbocycles. The summed E-state index contributed by atoms with van der Waals surface area (Å²) in [6.07, 6.45) is 5.15. The monoisotopic (exact) mass is 268 g/mol. The first-order valence-corrected chi connectivity index (χ1v) is 7.87. The topological polar surface area (TPSA) is 45.1 Å². The van der Waals surface area contributed by atoms with Gasteiger partial charge in [0.2, 0.25) is 0 Å². The van der Waals surface area contributed by atoms with Crippen LogP contribution in [0.4, 0.5) is 0 Å². The van der Waals surface area contributed by atoms with Gasteiger partial charge in [0.05, 0.1) is 11.8 Å². The van der Waals surface area contributed by atoms with Crippen molar-refractivity contribution in [2.24, 2.45) is 5.92 Å². The quantitative estimate of drug-likeness (QED) is 0.779. The summed E-state index contributed by atoms with van der Waals surface area (Å²) in [5.41, 5.74) is 1.34. The fourth-order valence-electron chi connectivity index (χ4n) is 2.34. The highest BCUT2D eigenvalue weighted by atomic mass is 32.1. The van der Waals surface area contributed by atoms with E-state index in [2.05, 4.69) is 12.2 Å². The number of nitrogens with zero attached hydrogens (tertiary/aromatic N) is 1. The summed E-state index contributed by atoms with van der Waals surface area (Å²) in [7, 11) is 0. The van der Waals surface area contributed by atoms with Gasteiger partial charge >= 0.3 is 0 Å². The summed E-state index contributed by atoms with van der Waals surface area (Å²) in [6.45, 7) is 6.06. The number of rotatable bonds is 6. The van der Waals surface area contributed by atoms with Gasteiger partial charge in [-0.05, 0) is 44.6 Å². The van der Waals surface area contributed by atoms with Gasteiger partial charge in [-0.2, -0.15) is 0 Å². The lowest BCUT2D eigenvalue weighted by Crippen LogP contribution is -2.19. The average molecular weight is 268 g/mol. The molecule has 1 aromatic rings. The highest BCUT2D eigenvalue weighted by molar-refractivity contribution is 7.11. The molecule has 0 spiro atoms. The van der Waals surface area contributed by atoms with Crippen molar-refractivity contribution in [3.8, 4) is 0 Å². The number of aromatic nitrogens is 1. The molecule has 0 radical (unpaired) electrons. The van der Waals surface area contributed by atoms with Crippen LogP contribution in [0.1, 0.15) is 48.7 Å². The first kappa shape index (κ1) is 14.0.